The Bertz CT molecular complexity index is 625. The summed E-state index contributed by atoms with van der Waals surface area (Å²) >= 11 is 0. The Morgan fingerprint density at radius 2 is 2.38 bits per heavy atom. The SMILES string of the molecule is CC(=O)/C=C/c1cn([C@H]2C[C@H](O)[C@@H](CO)O2)c(=O)nc1N. The number of carbonyl (C=O) groups excluding carboxylic acids is 1. The van der Waals surface area contributed by atoms with Crippen molar-refractivity contribution in [3.8, 4) is 0 Å². The van der Waals surface area contributed by atoms with Gasteiger partial charge in [0.15, 0.2) is 5.78 Å². The third-order valence-electron chi connectivity index (χ3n) is 3.20. The van der Waals surface area contributed by atoms with E-state index in [1.807, 2.05) is 0 Å². The van der Waals surface area contributed by atoms with E-state index < -0.39 is 24.1 Å². The van der Waals surface area contributed by atoms with Gasteiger partial charge in [0.25, 0.3) is 0 Å². The third-order valence-corrected chi connectivity index (χ3v) is 3.20. The molecule has 1 fully saturated rings. The molecular formula is C13H17N3O5. The maximum atomic E-state index is 11.9. The van der Waals surface area contributed by atoms with Crippen LogP contribution in [-0.4, -0.2) is 44.4 Å². The van der Waals surface area contributed by atoms with E-state index in [9.17, 15) is 14.7 Å². The third kappa shape index (κ3) is 3.35. The van der Waals surface area contributed by atoms with Gasteiger partial charge in [0.2, 0.25) is 0 Å². The summed E-state index contributed by atoms with van der Waals surface area (Å²) < 4.78 is 6.59. The van der Waals surface area contributed by atoms with Gasteiger partial charge in [-0.3, -0.25) is 9.36 Å². The molecule has 0 saturated carbocycles. The second-order valence-electron chi connectivity index (χ2n) is 4.83. The van der Waals surface area contributed by atoms with Gasteiger partial charge < -0.3 is 20.7 Å². The Morgan fingerprint density at radius 3 is 2.95 bits per heavy atom. The number of ether oxygens (including phenoxy) is 1. The zero-order valence-electron chi connectivity index (χ0n) is 11.5. The smallest absolute Gasteiger partial charge is 0.351 e. The van der Waals surface area contributed by atoms with E-state index in [1.54, 1.807) is 0 Å². The number of hydrogen-bond acceptors (Lipinski definition) is 7. The van der Waals surface area contributed by atoms with Crippen LogP contribution in [0.1, 0.15) is 25.1 Å². The van der Waals surface area contributed by atoms with Gasteiger partial charge in [-0.2, -0.15) is 4.98 Å². The minimum absolute atomic E-state index is 0.00556. The first-order valence-electron chi connectivity index (χ1n) is 6.44. The number of aromatic nitrogens is 2. The van der Waals surface area contributed by atoms with Gasteiger partial charge in [-0.15, -0.1) is 0 Å². The van der Waals surface area contributed by atoms with Crippen LogP contribution in [0.4, 0.5) is 5.82 Å². The van der Waals surface area contributed by atoms with Gasteiger partial charge in [0.1, 0.15) is 18.1 Å². The molecular weight excluding hydrogens is 278 g/mol. The Kier molecular flexibility index (Phi) is 4.51. The molecule has 21 heavy (non-hydrogen) atoms. The molecule has 114 valence electrons. The van der Waals surface area contributed by atoms with Crippen molar-refractivity contribution in [2.24, 2.45) is 0 Å². The number of nitrogen functional groups attached to an aromatic ring is 1. The number of aliphatic hydroxyl groups excluding tert-OH is 2. The van der Waals surface area contributed by atoms with E-state index in [0.29, 0.717) is 5.56 Å². The van der Waals surface area contributed by atoms with Crippen LogP contribution in [0.5, 0.6) is 0 Å². The van der Waals surface area contributed by atoms with E-state index >= 15 is 0 Å². The van der Waals surface area contributed by atoms with Gasteiger partial charge in [-0.05, 0) is 19.1 Å². The van der Waals surface area contributed by atoms with Crippen LogP contribution < -0.4 is 11.4 Å². The molecule has 3 atom stereocenters. The highest BCUT2D eigenvalue weighted by Crippen LogP contribution is 2.27. The minimum atomic E-state index is -0.860. The lowest BCUT2D eigenvalue weighted by molar-refractivity contribution is -0.112. The van der Waals surface area contributed by atoms with E-state index in [2.05, 4.69) is 4.98 Å². The van der Waals surface area contributed by atoms with Crippen LogP contribution in [-0.2, 0) is 9.53 Å². The molecule has 2 rings (SSSR count). The molecule has 0 unspecified atom stereocenters. The van der Waals surface area contributed by atoms with Gasteiger partial charge in [0.05, 0.1) is 12.7 Å². The summed E-state index contributed by atoms with van der Waals surface area (Å²) in [5.41, 5.74) is 5.42. The largest absolute Gasteiger partial charge is 0.394 e. The summed E-state index contributed by atoms with van der Waals surface area (Å²) in [5, 5.41) is 18.8. The molecule has 1 aliphatic heterocycles. The topological polar surface area (TPSA) is 128 Å². The summed E-state index contributed by atoms with van der Waals surface area (Å²) in [6.45, 7) is 1.05. The van der Waals surface area contributed by atoms with Crippen molar-refractivity contribution in [3.05, 3.63) is 28.3 Å². The fraction of sp³-hybridized carbons (Fsp3) is 0.462. The molecule has 0 bridgehead atoms. The van der Waals surface area contributed by atoms with Gasteiger partial charge in [-0.25, -0.2) is 4.79 Å². The van der Waals surface area contributed by atoms with E-state index in [4.69, 9.17) is 15.6 Å². The number of allylic oxidation sites excluding steroid dienone is 1. The second-order valence-corrected chi connectivity index (χ2v) is 4.83. The highest BCUT2D eigenvalue weighted by Gasteiger charge is 2.35. The standard InChI is InChI=1S/C13H17N3O5/c1-7(18)2-3-8-5-16(13(20)15-12(8)14)11-4-9(19)10(6-17)21-11/h2-3,5,9-11,17,19H,4,6H2,1H3,(H2,14,15,20)/b3-2+/t9-,10+,11+/m0/s1. The minimum Gasteiger partial charge on any atom is -0.394 e. The summed E-state index contributed by atoms with van der Waals surface area (Å²) in [7, 11) is 0. The molecule has 1 aliphatic rings. The lowest BCUT2D eigenvalue weighted by Crippen LogP contribution is -2.28. The highest BCUT2D eigenvalue weighted by atomic mass is 16.5. The van der Waals surface area contributed by atoms with Crippen LogP contribution in [0.3, 0.4) is 0 Å². The number of nitrogens with zero attached hydrogens (tertiary/aromatic N) is 2. The molecule has 1 saturated heterocycles. The molecule has 4 N–H and O–H groups in total. The highest BCUT2D eigenvalue weighted by molar-refractivity contribution is 5.92. The van der Waals surface area contributed by atoms with E-state index in [-0.39, 0.29) is 24.6 Å². The van der Waals surface area contributed by atoms with Crippen molar-refractivity contribution in [1.82, 2.24) is 9.55 Å². The maximum absolute atomic E-state index is 11.9. The fourth-order valence-corrected chi connectivity index (χ4v) is 2.09. The van der Waals surface area contributed by atoms with Crippen molar-refractivity contribution in [2.75, 3.05) is 12.3 Å². The average molecular weight is 295 g/mol. The molecule has 8 heteroatoms. The molecule has 1 aromatic rings. The molecule has 0 spiro atoms. The molecule has 0 aliphatic carbocycles. The Hall–Kier alpha value is -2.03. The van der Waals surface area contributed by atoms with Crippen LogP contribution in [0.2, 0.25) is 0 Å². The molecule has 0 aromatic carbocycles. The van der Waals surface area contributed by atoms with Crippen molar-refractivity contribution < 1.29 is 19.7 Å². The number of carbonyl (C=O) groups is 1. The Labute approximate surface area is 120 Å². The summed E-state index contributed by atoms with van der Waals surface area (Å²) in [6, 6.07) is 0. The van der Waals surface area contributed by atoms with Crippen molar-refractivity contribution >= 4 is 17.7 Å². The number of rotatable bonds is 4. The van der Waals surface area contributed by atoms with Crippen molar-refractivity contribution in [1.29, 1.82) is 0 Å². The number of nitrogens with two attached hydrogens (primary N) is 1. The number of anilines is 1. The maximum Gasteiger partial charge on any atom is 0.351 e. The van der Waals surface area contributed by atoms with Gasteiger partial charge >= 0.3 is 5.69 Å². The normalized spacial score (nSPS) is 25.6. The second kappa shape index (κ2) is 6.17. The predicted molar refractivity (Wildman–Crippen MR) is 74.2 cm³/mol. The van der Waals surface area contributed by atoms with Crippen LogP contribution >= 0.6 is 0 Å². The van der Waals surface area contributed by atoms with Crippen molar-refractivity contribution in [3.63, 3.8) is 0 Å². The summed E-state index contributed by atoms with van der Waals surface area (Å²) in [4.78, 5) is 26.5. The first kappa shape index (κ1) is 15.4. The average Bonchev–Trinajstić information content (AvgIpc) is 2.78. The quantitative estimate of drug-likeness (QED) is 0.612. The van der Waals surface area contributed by atoms with Crippen LogP contribution in [0.25, 0.3) is 6.08 Å². The lowest BCUT2D eigenvalue weighted by atomic mass is 10.2. The molecule has 2 heterocycles. The van der Waals surface area contributed by atoms with Crippen LogP contribution in [0, 0.1) is 0 Å². The van der Waals surface area contributed by atoms with Gasteiger partial charge in [-0.1, -0.05) is 0 Å². The summed E-state index contributed by atoms with van der Waals surface area (Å²) in [5.74, 6) is -0.161. The first-order valence-corrected chi connectivity index (χ1v) is 6.44. The molecule has 0 radical (unpaired) electrons. The van der Waals surface area contributed by atoms with Crippen molar-refractivity contribution in [2.45, 2.75) is 31.8 Å². The first-order chi connectivity index (χ1) is 9.92. The van der Waals surface area contributed by atoms with Gasteiger partial charge in [0, 0.05) is 18.2 Å². The molecule has 0 amide bonds. The van der Waals surface area contributed by atoms with E-state index in [1.165, 1.54) is 29.8 Å². The van der Waals surface area contributed by atoms with E-state index in [0.717, 1.165) is 0 Å². The fourth-order valence-electron chi connectivity index (χ4n) is 2.09. The Balaban J connectivity index is 2.34. The summed E-state index contributed by atoms with van der Waals surface area (Å²) in [6.07, 6.45) is 2.01. The predicted octanol–water partition coefficient (Wildman–Crippen LogP) is -0.932. The molecule has 8 nitrogen and oxygen atoms in total. The number of aliphatic hydroxyl groups is 2. The lowest BCUT2D eigenvalue weighted by Gasteiger charge is -2.15. The van der Waals surface area contributed by atoms with Crippen LogP contribution in [0.15, 0.2) is 17.1 Å². The number of ketones is 1. The zero-order valence-corrected chi connectivity index (χ0v) is 11.5. The monoisotopic (exact) mass is 295 g/mol. The Morgan fingerprint density at radius 1 is 1.67 bits per heavy atom. The molecule has 1 aromatic heterocycles. The number of hydrogen-bond donors (Lipinski definition) is 3. The zero-order chi connectivity index (χ0) is 15.6.